The Morgan fingerprint density at radius 3 is 0.741 bits per heavy atom. The van der Waals surface area contributed by atoms with E-state index in [1.165, 1.54) is 29.4 Å². The molecule has 0 aliphatic carbocycles. The highest BCUT2D eigenvalue weighted by molar-refractivity contribution is 5.71. The van der Waals surface area contributed by atoms with Crippen molar-refractivity contribution in [1.82, 2.24) is 29.4 Å². The molecule has 320 valence electrons. The zero-order valence-electron chi connectivity index (χ0n) is 32.7. The first-order valence-electron chi connectivity index (χ1n) is 18.6. The van der Waals surface area contributed by atoms with E-state index in [0.29, 0.717) is 33.4 Å². The number of hydrogen-bond acceptors (Lipinski definition) is 14. The lowest BCUT2D eigenvalue weighted by Crippen LogP contribution is -2.43. The van der Waals surface area contributed by atoms with Crippen molar-refractivity contribution in [3.63, 3.8) is 0 Å². The minimum Gasteiger partial charge on any atom is -0.507 e. The summed E-state index contributed by atoms with van der Waals surface area (Å²) in [6.07, 6.45) is 0. The lowest BCUT2D eigenvalue weighted by Gasteiger charge is -2.30. The number of phenols is 2. The molecule has 1 aliphatic rings. The Morgan fingerprint density at radius 1 is 0.379 bits per heavy atom. The van der Waals surface area contributed by atoms with Crippen LogP contribution in [0.4, 0.5) is 0 Å². The van der Waals surface area contributed by atoms with Gasteiger partial charge in [0.15, 0.2) is 0 Å². The van der Waals surface area contributed by atoms with Crippen molar-refractivity contribution in [2.75, 3.05) is 91.6 Å². The third-order valence-electron chi connectivity index (χ3n) is 9.48. The highest BCUT2D eigenvalue weighted by Gasteiger charge is 2.24. The van der Waals surface area contributed by atoms with Crippen molar-refractivity contribution < 1.29 is 69.6 Å². The number of carboxylic acid groups (broad SMARTS) is 6. The van der Waals surface area contributed by atoms with Crippen LogP contribution >= 0.6 is 0 Å². The summed E-state index contributed by atoms with van der Waals surface area (Å²) in [4.78, 5) is 80.6. The Morgan fingerprint density at radius 2 is 0.552 bits per heavy atom. The summed E-state index contributed by atoms with van der Waals surface area (Å²) in [6.45, 7) is 0.653. The van der Waals surface area contributed by atoms with E-state index in [9.17, 15) is 69.6 Å². The van der Waals surface area contributed by atoms with Crippen molar-refractivity contribution in [3.05, 3.63) is 57.6 Å². The molecular formula is C38H54N6O14. The number of hydrogen-bond donors (Lipinski definition) is 8. The van der Waals surface area contributed by atoms with Gasteiger partial charge in [0.25, 0.3) is 0 Å². The van der Waals surface area contributed by atoms with E-state index < -0.39 is 75.1 Å². The first-order valence-corrected chi connectivity index (χ1v) is 18.6. The lowest BCUT2D eigenvalue weighted by molar-refractivity contribution is -0.140. The van der Waals surface area contributed by atoms with Crippen LogP contribution in [-0.4, -0.2) is 198 Å². The Kier molecular flexibility index (Phi) is 18.3. The van der Waals surface area contributed by atoms with Crippen LogP contribution in [-0.2, 0) is 54.9 Å². The van der Waals surface area contributed by atoms with Crippen LogP contribution in [0.1, 0.15) is 33.4 Å². The second-order valence-corrected chi connectivity index (χ2v) is 14.6. The fourth-order valence-corrected chi connectivity index (χ4v) is 6.99. The average Bonchev–Trinajstić information content (AvgIpc) is 3.08. The number of aryl methyl sites for hydroxylation is 2. The standard InChI is InChI=1S/C38H54N6O14/c1-25-11-27-15-41(21-33(49)50)7-3-39(19-31(45)46)5-9-43(23-35(53)54)17-29-13-26(2)14-30(38(29)58)18-44(24-36(55)56)10-6-40(20-32(47)48)4-8-42(22-34(51)52)16-28(12-25)37(27)57/h11-14,57-58H,3-10,15-24H2,1-2H3,(H,45,46)(H,47,48)(H,49,50)(H,51,52)(H,53,54)(H,55,56). The lowest BCUT2D eigenvalue weighted by atomic mass is 10.0. The van der Waals surface area contributed by atoms with E-state index in [-0.39, 0.29) is 90.0 Å². The summed E-state index contributed by atoms with van der Waals surface area (Å²) in [5.74, 6) is -7.48. The molecule has 2 aromatic rings. The molecule has 2 aromatic carbocycles. The molecule has 0 atom stereocenters. The smallest absolute Gasteiger partial charge is 0.317 e. The van der Waals surface area contributed by atoms with Gasteiger partial charge in [-0.05, 0) is 13.8 Å². The minimum atomic E-state index is -1.18. The quantitative estimate of drug-likeness (QED) is 0.137. The van der Waals surface area contributed by atoms with Crippen LogP contribution in [0.15, 0.2) is 24.3 Å². The van der Waals surface area contributed by atoms with Crippen LogP contribution in [0, 0.1) is 13.8 Å². The molecule has 1 aliphatic heterocycles. The second-order valence-electron chi connectivity index (χ2n) is 14.6. The molecule has 0 radical (unpaired) electrons. The van der Waals surface area contributed by atoms with Gasteiger partial charge in [0.05, 0.1) is 39.3 Å². The van der Waals surface area contributed by atoms with Gasteiger partial charge in [0.2, 0.25) is 0 Å². The number of carbonyl (C=O) groups is 6. The summed E-state index contributed by atoms with van der Waals surface area (Å²) >= 11 is 0. The maximum atomic E-state index is 11.9. The van der Waals surface area contributed by atoms with Crippen molar-refractivity contribution in [3.8, 4) is 11.5 Å². The highest BCUT2D eigenvalue weighted by atomic mass is 16.4. The van der Waals surface area contributed by atoms with Crippen LogP contribution in [0.5, 0.6) is 11.5 Å². The van der Waals surface area contributed by atoms with E-state index in [0.717, 1.165) is 0 Å². The summed E-state index contributed by atoms with van der Waals surface area (Å²) in [5, 5.41) is 81.2. The number of aromatic hydroxyl groups is 2. The van der Waals surface area contributed by atoms with E-state index in [4.69, 9.17) is 0 Å². The fraction of sp³-hybridized carbons (Fsp3) is 0.526. The predicted octanol–water partition coefficient (Wildman–Crippen LogP) is -0.252. The van der Waals surface area contributed by atoms with Crippen molar-refractivity contribution in [2.45, 2.75) is 40.0 Å². The number of fused-ring (bicyclic) bond motifs is 4. The van der Waals surface area contributed by atoms with E-state index in [1.807, 2.05) is 0 Å². The normalized spacial score (nSPS) is 17.3. The maximum Gasteiger partial charge on any atom is 0.317 e. The molecule has 4 bridgehead atoms. The molecule has 0 unspecified atom stereocenters. The molecule has 0 amide bonds. The summed E-state index contributed by atoms with van der Waals surface area (Å²) in [7, 11) is 0. The molecule has 20 nitrogen and oxygen atoms in total. The van der Waals surface area contributed by atoms with Gasteiger partial charge >= 0.3 is 35.8 Å². The second kappa shape index (κ2) is 22.5. The first kappa shape index (κ1) is 47.0. The average molecular weight is 819 g/mol. The van der Waals surface area contributed by atoms with Gasteiger partial charge < -0.3 is 40.9 Å². The monoisotopic (exact) mass is 818 g/mol. The van der Waals surface area contributed by atoms with E-state index in [2.05, 4.69) is 0 Å². The molecule has 0 saturated carbocycles. The van der Waals surface area contributed by atoms with Gasteiger partial charge in [-0.1, -0.05) is 35.4 Å². The Hall–Kier alpha value is -5.38. The number of carboxylic acids is 6. The van der Waals surface area contributed by atoms with E-state index >= 15 is 0 Å². The first-order chi connectivity index (χ1) is 27.3. The van der Waals surface area contributed by atoms with E-state index in [1.54, 1.807) is 38.1 Å². The molecule has 0 aromatic heterocycles. The number of nitrogens with zero attached hydrogens (tertiary/aromatic N) is 6. The molecule has 0 spiro atoms. The van der Waals surface area contributed by atoms with Gasteiger partial charge in [0.1, 0.15) is 11.5 Å². The molecule has 1 heterocycles. The highest BCUT2D eigenvalue weighted by Crippen LogP contribution is 2.29. The minimum absolute atomic E-state index is 0.0284. The van der Waals surface area contributed by atoms with Crippen molar-refractivity contribution >= 4 is 35.8 Å². The summed E-state index contributed by atoms with van der Waals surface area (Å²) in [6, 6.07) is 6.62. The molecule has 0 fully saturated rings. The van der Waals surface area contributed by atoms with Crippen LogP contribution in [0.25, 0.3) is 0 Å². The molecule has 58 heavy (non-hydrogen) atoms. The molecule has 8 N–H and O–H groups in total. The number of rotatable bonds is 12. The third kappa shape index (κ3) is 16.6. The zero-order valence-corrected chi connectivity index (χ0v) is 32.7. The predicted molar refractivity (Wildman–Crippen MR) is 205 cm³/mol. The third-order valence-corrected chi connectivity index (χ3v) is 9.48. The topological polar surface area (TPSA) is 284 Å². The van der Waals surface area contributed by atoms with Crippen LogP contribution < -0.4 is 0 Å². The zero-order chi connectivity index (χ0) is 43.1. The van der Waals surface area contributed by atoms with Gasteiger partial charge in [0, 0.05) is 101 Å². The SMILES string of the molecule is Cc1cc2c(O)c(c1)CN(CC(=O)O)CCN(CC(=O)O)CCN(CC(=O)O)Cc1cc(C)cc(c1O)CN(CC(=O)O)CCN(CC(=O)O)CCN(CC(=O)O)C2. The van der Waals surface area contributed by atoms with Gasteiger partial charge in [-0.25, -0.2) is 0 Å². The van der Waals surface area contributed by atoms with Crippen molar-refractivity contribution in [2.24, 2.45) is 0 Å². The fourth-order valence-electron chi connectivity index (χ4n) is 6.99. The summed E-state index contributed by atoms with van der Waals surface area (Å²) < 4.78 is 0. The number of aliphatic carboxylic acids is 6. The number of benzene rings is 2. The summed E-state index contributed by atoms with van der Waals surface area (Å²) in [5.41, 5.74) is 2.70. The molecule has 3 rings (SSSR count). The van der Waals surface area contributed by atoms with Gasteiger partial charge in [-0.3, -0.25) is 58.2 Å². The Labute approximate surface area is 335 Å². The largest absolute Gasteiger partial charge is 0.507 e. The maximum absolute atomic E-state index is 11.9. The Bertz CT molecular complexity index is 1560. The van der Waals surface area contributed by atoms with Crippen molar-refractivity contribution in [1.29, 1.82) is 0 Å². The molecule has 20 heteroatoms. The Balaban J connectivity index is 2.12. The van der Waals surface area contributed by atoms with Crippen LogP contribution in [0.3, 0.4) is 0 Å². The van der Waals surface area contributed by atoms with Gasteiger partial charge in [-0.15, -0.1) is 0 Å². The number of phenolic OH excluding ortho intramolecular Hbond substituents is 2. The molecule has 0 saturated heterocycles. The molecular weight excluding hydrogens is 764 g/mol. The van der Waals surface area contributed by atoms with Crippen LogP contribution in [0.2, 0.25) is 0 Å². The van der Waals surface area contributed by atoms with Gasteiger partial charge in [-0.2, -0.15) is 0 Å².